The van der Waals surface area contributed by atoms with E-state index in [-0.39, 0.29) is 12.3 Å². The van der Waals surface area contributed by atoms with Crippen molar-refractivity contribution < 1.29 is 28.2 Å². The van der Waals surface area contributed by atoms with Gasteiger partial charge >= 0.3 is 12.1 Å². The molecule has 0 spiro atoms. The van der Waals surface area contributed by atoms with Crippen molar-refractivity contribution in [1.82, 2.24) is 4.90 Å². The molecule has 146 valence electrons. The average molecular weight is 377 g/mol. The molecule has 0 aromatic heterocycles. The molecule has 0 N–H and O–H groups in total. The van der Waals surface area contributed by atoms with Crippen LogP contribution in [-0.4, -0.2) is 47.3 Å². The maximum Gasteiger partial charge on any atom is 0.417 e. The maximum atomic E-state index is 16.0. The molecule has 1 aromatic rings. The molecule has 1 saturated carbocycles. The lowest BCUT2D eigenvalue weighted by Crippen LogP contribution is -2.53. The predicted molar refractivity (Wildman–Crippen MR) is 94.6 cm³/mol. The van der Waals surface area contributed by atoms with Crippen LogP contribution in [0.4, 0.5) is 9.18 Å². The van der Waals surface area contributed by atoms with Gasteiger partial charge in [-0.1, -0.05) is 44.2 Å². The molecule has 2 amide bonds. The number of alkyl halides is 1. The van der Waals surface area contributed by atoms with E-state index in [0.29, 0.717) is 5.56 Å². The quantitative estimate of drug-likeness (QED) is 0.755. The topological polar surface area (TPSA) is 72.9 Å². The van der Waals surface area contributed by atoms with Crippen LogP contribution in [0.5, 0.6) is 0 Å². The van der Waals surface area contributed by atoms with E-state index >= 15 is 4.39 Å². The Kier molecular flexibility index (Phi) is 4.32. The van der Waals surface area contributed by atoms with Gasteiger partial charge in [0.2, 0.25) is 5.67 Å². The van der Waals surface area contributed by atoms with Crippen LogP contribution in [0.15, 0.2) is 30.3 Å². The standard InChI is InChI=1S/C20H24FNO5/c1-12(2)14-18(3,4)27-17(25)22(14)15(23)20(21)11-19(20,16(24)26-5)13-9-7-6-8-10-13/h6-10,12,14H,11H2,1-5H3/t14-,19?,20?/m0/s1. The number of benzene rings is 1. The van der Waals surface area contributed by atoms with Crippen molar-refractivity contribution in [2.45, 2.75) is 56.8 Å². The van der Waals surface area contributed by atoms with E-state index in [4.69, 9.17) is 9.47 Å². The van der Waals surface area contributed by atoms with Gasteiger partial charge in [-0.2, -0.15) is 0 Å². The predicted octanol–water partition coefficient (Wildman–Crippen LogP) is 2.99. The van der Waals surface area contributed by atoms with Crippen molar-refractivity contribution in [2.24, 2.45) is 5.92 Å². The summed E-state index contributed by atoms with van der Waals surface area (Å²) in [7, 11) is 1.15. The number of cyclic esters (lactones) is 1. The van der Waals surface area contributed by atoms with Gasteiger partial charge in [0.25, 0.3) is 5.91 Å². The van der Waals surface area contributed by atoms with Crippen LogP contribution in [0.2, 0.25) is 0 Å². The van der Waals surface area contributed by atoms with Gasteiger partial charge in [0.05, 0.1) is 13.2 Å². The first-order valence-electron chi connectivity index (χ1n) is 8.92. The molecule has 0 bridgehead atoms. The summed E-state index contributed by atoms with van der Waals surface area (Å²) < 4.78 is 26.1. The Balaban J connectivity index is 2.04. The van der Waals surface area contributed by atoms with Gasteiger partial charge in [-0.3, -0.25) is 9.59 Å². The summed E-state index contributed by atoms with van der Waals surface area (Å²) in [5, 5.41) is 0. The molecule has 3 atom stereocenters. The molecule has 2 aliphatic rings. The molecular formula is C20H24FNO5. The van der Waals surface area contributed by atoms with Crippen molar-refractivity contribution in [3.63, 3.8) is 0 Å². The number of nitrogens with zero attached hydrogens (tertiary/aromatic N) is 1. The monoisotopic (exact) mass is 377 g/mol. The number of ether oxygens (including phenoxy) is 2. The number of methoxy groups -OCH3 is 1. The van der Waals surface area contributed by atoms with E-state index in [9.17, 15) is 14.4 Å². The average Bonchev–Trinajstić information content (AvgIpc) is 3.18. The van der Waals surface area contributed by atoms with E-state index in [1.807, 2.05) is 13.8 Å². The van der Waals surface area contributed by atoms with Crippen LogP contribution >= 0.6 is 0 Å². The minimum atomic E-state index is -2.56. The molecule has 3 rings (SSSR count). The molecule has 1 aliphatic heterocycles. The first kappa shape index (κ1) is 19.3. The molecule has 1 saturated heterocycles. The number of esters is 1. The molecule has 2 unspecified atom stereocenters. The van der Waals surface area contributed by atoms with Gasteiger partial charge in [0, 0.05) is 6.42 Å². The van der Waals surface area contributed by atoms with Crippen molar-refractivity contribution in [3.8, 4) is 0 Å². The highest BCUT2D eigenvalue weighted by Gasteiger charge is 2.81. The number of halogens is 1. The highest BCUT2D eigenvalue weighted by Crippen LogP contribution is 2.62. The highest BCUT2D eigenvalue weighted by molar-refractivity contribution is 6.08. The van der Waals surface area contributed by atoms with Crippen molar-refractivity contribution in [2.75, 3.05) is 7.11 Å². The second-order valence-electron chi connectivity index (χ2n) is 8.08. The zero-order valence-corrected chi connectivity index (χ0v) is 16.1. The fourth-order valence-electron chi connectivity index (χ4n) is 4.42. The summed E-state index contributed by atoms with van der Waals surface area (Å²) in [5.41, 5.74) is -4.92. The van der Waals surface area contributed by atoms with E-state index in [0.717, 1.165) is 12.0 Å². The number of rotatable bonds is 4. The zero-order chi connectivity index (χ0) is 20.2. The Morgan fingerprint density at radius 1 is 1.26 bits per heavy atom. The van der Waals surface area contributed by atoms with E-state index in [1.54, 1.807) is 44.2 Å². The van der Waals surface area contributed by atoms with Gasteiger partial charge in [0.15, 0.2) is 0 Å². The summed E-state index contributed by atoms with van der Waals surface area (Å²) in [4.78, 5) is 39.0. The second-order valence-corrected chi connectivity index (χ2v) is 8.08. The molecule has 1 aliphatic carbocycles. The van der Waals surface area contributed by atoms with Gasteiger partial charge in [-0.05, 0) is 25.3 Å². The normalized spacial score (nSPS) is 31.6. The van der Waals surface area contributed by atoms with Crippen molar-refractivity contribution >= 4 is 18.0 Å². The Morgan fingerprint density at radius 2 is 1.85 bits per heavy atom. The number of imide groups is 1. The lowest BCUT2D eigenvalue weighted by atomic mass is 9.87. The molecule has 1 aromatic carbocycles. The summed E-state index contributed by atoms with van der Waals surface area (Å²) in [6, 6.07) is 7.57. The zero-order valence-electron chi connectivity index (χ0n) is 16.1. The number of hydrogen-bond acceptors (Lipinski definition) is 5. The number of carbonyl (C=O) groups excluding carboxylic acids is 3. The minimum absolute atomic E-state index is 0.151. The molecule has 1 heterocycles. The SMILES string of the molecule is COC(=O)C1(c2ccccc2)CC1(F)C(=O)N1C(=O)OC(C)(C)[C@@H]1C(C)C. The van der Waals surface area contributed by atoms with Gasteiger partial charge in [-0.25, -0.2) is 14.1 Å². The Labute approximate surface area is 157 Å². The molecule has 6 nitrogen and oxygen atoms in total. The molecule has 7 heteroatoms. The van der Waals surface area contributed by atoms with Gasteiger partial charge in [-0.15, -0.1) is 0 Å². The molecule has 0 radical (unpaired) electrons. The maximum absolute atomic E-state index is 16.0. The number of hydrogen-bond donors (Lipinski definition) is 0. The van der Waals surface area contributed by atoms with Gasteiger partial charge in [0.1, 0.15) is 11.0 Å². The summed E-state index contributed by atoms with van der Waals surface area (Å²) in [6.45, 7) is 7.03. The molecule has 2 fully saturated rings. The first-order valence-corrected chi connectivity index (χ1v) is 8.92. The Bertz CT molecular complexity index is 793. The molecule has 27 heavy (non-hydrogen) atoms. The summed E-state index contributed by atoms with van der Waals surface area (Å²) in [5.74, 6) is -2.04. The fourth-order valence-corrected chi connectivity index (χ4v) is 4.42. The van der Waals surface area contributed by atoms with E-state index in [2.05, 4.69) is 0 Å². The van der Waals surface area contributed by atoms with Crippen LogP contribution in [0.3, 0.4) is 0 Å². The van der Waals surface area contributed by atoms with E-state index in [1.165, 1.54) is 0 Å². The summed E-state index contributed by atoms with van der Waals surface area (Å²) in [6.07, 6.45) is -1.26. The second kappa shape index (κ2) is 6.04. The van der Waals surface area contributed by atoms with Crippen LogP contribution < -0.4 is 0 Å². The van der Waals surface area contributed by atoms with E-state index < -0.39 is 40.7 Å². The lowest BCUT2D eigenvalue weighted by molar-refractivity contribution is -0.149. The Hall–Kier alpha value is -2.44. The van der Waals surface area contributed by atoms with Crippen LogP contribution in [0, 0.1) is 5.92 Å². The fraction of sp³-hybridized carbons (Fsp3) is 0.550. The molecular weight excluding hydrogens is 353 g/mol. The third-order valence-corrected chi connectivity index (χ3v) is 5.59. The van der Waals surface area contributed by atoms with Crippen molar-refractivity contribution in [1.29, 1.82) is 0 Å². The largest absolute Gasteiger partial charge is 0.468 e. The number of carbonyl (C=O) groups is 3. The minimum Gasteiger partial charge on any atom is -0.468 e. The summed E-state index contributed by atoms with van der Waals surface area (Å²) >= 11 is 0. The third-order valence-electron chi connectivity index (χ3n) is 5.59. The first-order chi connectivity index (χ1) is 12.5. The lowest BCUT2D eigenvalue weighted by Gasteiger charge is -2.32. The van der Waals surface area contributed by atoms with Crippen molar-refractivity contribution in [3.05, 3.63) is 35.9 Å². The highest BCUT2D eigenvalue weighted by atomic mass is 19.1. The van der Waals surface area contributed by atoms with Gasteiger partial charge < -0.3 is 9.47 Å². The number of amides is 2. The smallest absolute Gasteiger partial charge is 0.417 e. The van der Waals surface area contributed by atoms with Crippen LogP contribution in [-0.2, 0) is 24.5 Å². The van der Waals surface area contributed by atoms with Crippen LogP contribution in [0.1, 0.15) is 39.7 Å². The van der Waals surface area contributed by atoms with Crippen LogP contribution in [0.25, 0.3) is 0 Å². The third kappa shape index (κ3) is 2.55. The Morgan fingerprint density at radius 3 is 2.37 bits per heavy atom.